The standard InChI is InChI=1S/C21H23ClN4O2/c1-14(16-9-11-17(22)12-10-16)23-13-19(27)24-20-15(2)25(3)26(21(20)28)18-7-5-4-6-8-18/h4-12,14,23H,13H2,1-3H3,(H,24,27)/p+1/t14-/m1/s1. The number of carbonyl (C=O) groups excluding carboxylic acids is 1. The Labute approximate surface area is 168 Å². The van der Waals surface area contributed by atoms with Gasteiger partial charge in [-0.25, -0.2) is 4.68 Å². The van der Waals surface area contributed by atoms with Crippen molar-refractivity contribution in [2.75, 3.05) is 11.9 Å². The van der Waals surface area contributed by atoms with Gasteiger partial charge in [0.25, 0.3) is 11.5 Å². The molecule has 0 bridgehead atoms. The molecule has 0 fully saturated rings. The summed E-state index contributed by atoms with van der Waals surface area (Å²) in [5.74, 6) is -0.216. The molecule has 0 aliphatic carbocycles. The Hall–Kier alpha value is -2.83. The van der Waals surface area contributed by atoms with Crippen LogP contribution in [0.25, 0.3) is 5.69 Å². The van der Waals surface area contributed by atoms with Crippen molar-refractivity contribution in [3.63, 3.8) is 0 Å². The number of amides is 1. The predicted molar refractivity (Wildman–Crippen MR) is 111 cm³/mol. The molecule has 1 heterocycles. The minimum absolute atomic E-state index is 0.0980. The van der Waals surface area contributed by atoms with Crippen LogP contribution in [-0.4, -0.2) is 21.8 Å². The first-order valence-corrected chi connectivity index (χ1v) is 9.49. The molecule has 0 saturated heterocycles. The number of quaternary nitrogens is 1. The number of benzene rings is 2. The van der Waals surface area contributed by atoms with Crippen molar-refractivity contribution < 1.29 is 10.1 Å². The highest BCUT2D eigenvalue weighted by Gasteiger charge is 2.19. The highest BCUT2D eigenvalue weighted by molar-refractivity contribution is 6.30. The van der Waals surface area contributed by atoms with Gasteiger partial charge in [0.2, 0.25) is 0 Å². The maximum Gasteiger partial charge on any atom is 0.295 e. The molecule has 28 heavy (non-hydrogen) atoms. The van der Waals surface area contributed by atoms with Crippen molar-refractivity contribution in [3.05, 3.63) is 81.2 Å². The van der Waals surface area contributed by atoms with Gasteiger partial charge in [0.15, 0.2) is 6.54 Å². The van der Waals surface area contributed by atoms with Crippen LogP contribution in [0.1, 0.15) is 24.2 Å². The summed E-state index contributed by atoms with van der Waals surface area (Å²) in [6.07, 6.45) is 0. The van der Waals surface area contributed by atoms with Gasteiger partial charge in [-0.3, -0.25) is 14.3 Å². The van der Waals surface area contributed by atoms with Gasteiger partial charge in [-0.15, -0.1) is 0 Å². The second kappa shape index (κ2) is 8.46. The second-order valence-corrected chi connectivity index (χ2v) is 7.20. The minimum atomic E-state index is -0.245. The summed E-state index contributed by atoms with van der Waals surface area (Å²) in [4.78, 5) is 25.3. The molecular weight excluding hydrogens is 376 g/mol. The molecule has 0 spiro atoms. The summed E-state index contributed by atoms with van der Waals surface area (Å²) in [6, 6.07) is 17.0. The van der Waals surface area contributed by atoms with Gasteiger partial charge in [-0.1, -0.05) is 41.9 Å². The summed E-state index contributed by atoms with van der Waals surface area (Å²) in [5, 5.41) is 5.39. The van der Waals surface area contributed by atoms with Crippen LogP contribution in [0.5, 0.6) is 0 Å². The minimum Gasteiger partial charge on any atom is -0.333 e. The number of carbonyl (C=O) groups is 1. The fourth-order valence-corrected chi connectivity index (χ4v) is 3.21. The summed E-state index contributed by atoms with van der Waals surface area (Å²) in [7, 11) is 1.80. The number of nitrogens with one attached hydrogen (secondary N) is 1. The van der Waals surface area contributed by atoms with E-state index in [2.05, 4.69) is 5.32 Å². The number of nitrogens with two attached hydrogens (primary N) is 1. The zero-order valence-electron chi connectivity index (χ0n) is 16.1. The average molecular weight is 400 g/mol. The smallest absolute Gasteiger partial charge is 0.295 e. The van der Waals surface area contributed by atoms with Gasteiger partial charge in [0.1, 0.15) is 11.7 Å². The monoisotopic (exact) mass is 399 g/mol. The fraction of sp³-hybridized carbons (Fsp3) is 0.238. The van der Waals surface area contributed by atoms with E-state index in [1.165, 1.54) is 0 Å². The first-order valence-electron chi connectivity index (χ1n) is 9.11. The molecule has 7 heteroatoms. The Balaban J connectivity index is 1.71. The van der Waals surface area contributed by atoms with Crippen LogP contribution in [0.3, 0.4) is 0 Å². The van der Waals surface area contributed by atoms with Gasteiger partial charge in [-0.2, -0.15) is 0 Å². The van der Waals surface area contributed by atoms with E-state index >= 15 is 0 Å². The molecule has 0 aliphatic rings. The Morgan fingerprint density at radius 2 is 1.79 bits per heavy atom. The van der Waals surface area contributed by atoms with Crippen molar-refractivity contribution in [3.8, 4) is 5.69 Å². The lowest BCUT2D eigenvalue weighted by Crippen LogP contribution is -2.86. The van der Waals surface area contributed by atoms with Crippen LogP contribution in [0.2, 0.25) is 5.02 Å². The third-order valence-corrected chi connectivity index (χ3v) is 5.12. The lowest BCUT2D eigenvalue weighted by atomic mass is 10.1. The van der Waals surface area contributed by atoms with Crippen molar-refractivity contribution in [2.24, 2.45) is 7.05 Å². The lowest BCUT2D eigenvalue weighted by molar-refractivity contribution is -0.682. The number of nitrogens with zero attached hydrogens (tertiary/aromatic N) is 2. The van der Waals surface area contributed by atoms with Crippen LogP contribution in [-0.2, 0) is 11.8 Å². The third-order valence-electron chi connectivity index (χ3n) is 4.87. The molecule has 0 radical (unpaired) electrons. The molecule has 0 unspecified atom stereocenters. The van der Waals surface area contributed by atoms with E-state index in [-0.39, 0.29) is 24.1 Å². The Bertz CT molecular complexity index is 1020. The molecule has 1 aromatic heterocycles. The first-order chi connectivity index (χ1) is 13.4. The van der Waals surface area contributed by atoms with E-state index in [0.29, 0.717) is 16.4 Å². The highest BCUT2D eigenvalue weighted by atomic mass is 35.5. The zero-order chi connectivity index (χ0) is 20.3. The Morgan fingerprint density at radius 1 is 1.14 bits per heavy atom. The molecular formula is C21H24ClN4O2+. The van der Waals surface area contributed by atoms with E-state index in [1.54, 1.807) is 16.4 Å². The lowest BCUT2D eigenvalue weighted by Gasteiger charge is -2.11. The number of hydrogen-bond donors (Lipinski definition) is 2. The summed E-state index contributed by atoms with van der Waals surface area (Å²) in [5.41, 5.74) is 2.60. The third kappa shape index (κ3) is 4.18. The van der Waals surface area contributed by atoms with Gasteiger partial charge < -0.3 is 10.6 Å². The van der Waals surface area contributed by atoms with Crippen LogP contribution >= 0.6 is 11.6 Å². The number of aromatic nitrogens is 2. The summed E-state index contributed by atoms with van der Waals surface area (Å²) in [6.45, 7) is 4.05. The van der Waals surface area contributed by atoms with E-state index < -0.39 is 0 Å². The Kier molecular flexibility index (Phi) is 6.02. The molecule has 1 amide bonds. The van der Waals surface area contributed by atoms with Crippen molar-refractivity contribution >= 4 is 23.2 Å². The average Bonchev–Trinajstić information content (AvgIpc) is 2.90. The molecule has 6 nitrogen and oxygen atoms in total. The molecule has 3 rings (SSSR count). The summed E-state index contributed by atoms with van der Waals surface area (Å²) >= 11 is 5.91. The molecule has 0 saturated carbocycles. The molecule has 3 aromatic rings. The highest BCUT2D eigenvalue weighted by Crippen LogP contribution is 2.14. The van der Waals surface area contributed by atoms with E-state index in [1.807, 2.05) is 73.8 Å². The maximum atomic E-state index is 12.8. The van der Waals surface area contributed by atoms with Crippen LogP contribution in [0, 0.1) is 6.92 Å². The molecule has 3 N–H and O–H groups in total. The number of para-hydroxylation sites is 1. The quantitative estimate of drug-likeness (QED) is 0.668. The predicted octanol–water partition coefficient (Wildman–Crippen LogP) is 2.40. The SMILES string of the molecule is Cc1c(NC(=O)C[NH2+][C@H](C)c2ccc(Cl)cc2)c(=O)n(-c2ccccc2)n1C. The molecule has 0 aliphatic heterocycles. The van der Waals surface area contributed by atoms with Crippen molar-refractivity contribution in [2.45, 2.75) is 19.9 Å². The largest absolute Gasteiger partial charge is 0.333 e. The number of anilines is 1. The second-order valence-electron chi connectivity index (χ2n) is 6.76. The normalized spacial score (nSPS) is 12.0. The number of hydrogen-bond acceptors (Lipinski definition) is 2. The van der Waals surface area contributed by atoms with Crippen LogP contribution in [0.15, 0.2) is 59.4 Å². The van der Waals surface area contributed by atoms with E-state index in [0.717, 1.165) is 11.3 Å². The van der Waals surface area contributed by atoms with Crippen LogP contribution < -0.4 is 16.2 Å². The van der Waals surface area contributed by atoms with Crippen molar-refractivity contribution in [1.82, 2.24) is 9.36 Å². The molecule has 1 atom stereocenters. The number of halogens is 1. The Morgan fingerprint density at radius 3 is 2.43 bits per heavy atom. The van der Waals surface area contributed by atoms with Gasteiger partial charge >= 0.3 is 0 Å². The van der Waals surface area contributed by atoms with Gasteiger partial charge in [-0.05, 0) is 38.1 Å². The van der Waals surface area contributed by atoms with Gasteiger partial charge in [0.05, 0.1) is 11.4 Å². The topological polar surface area (TPSA) is 72.6 Å². The zero-order valence-corrected chi connectivity index (χ0v) is 16.9. The first kappa shape index (κ1) is 19.9. The van der Waals surface area contributed by atoms with Gasteiger partial charge in [0, 0.05) is 17.6 Å². The fourth-order valence-electron chi connectivity index (χ4n) is 3.09. The summed E-state index contributed by atoms with van der Waals surface area (Å²) < 4.78 is 3.29. The molecule has 2 aromatic carbocycles. The van der Waals surface area contributed by atoms with E-state index in [9.17, 15) is 9.59 Å². The number of rotatable bonds is 6. The maximum absolute atomic E-state index is 12.8. The molecule has 146 valence electrons. The van der Waals surface area contributed by atoms with Crippen LogP contribution in [0.4, 0.5) is 5.69 Å². The van der Waals surface area contributed by atoms with E-state index in [4.69, 9.17) is 11.6 Å². The van der Waals surface area contributed by atoms with Crippen molar-refractivity contribution in [1.29, 1.82) is 0 Å².